The number of hydrogen-bond donors (Lipinski definition) is 3. The maximum absolute atomic E-state index is 13.4. The van der Waals surface area contributed by atoms with Gasteiger partial charge in [-0.15, -0.1) is 0 Å². The maximum atomic E-state index is 13.4. The molecule has 0 unspecified atom stereocenters. The Morgan fingerprint density at radius 1 is 0.871 bits per heavy atom. The van der Waals surface area contributed by atoms with Gasteiger partial charge in [-0.05, 0) is 67.1 Å². The average Bonchev–Trinajstić information content (AvgIpc) is 3.05. The number of thioether (sulfide) groups is 1. The highest BCUT2D eigenvalue weighted by molar-refractivity contribution is 8.19. The van der Waals surface area contributed by atoms with E-state index < -0.39 is 17.2 Å². The van der Waals surface area contributed by atoms with Gasteiger partial charge in [0.15, 0.2) is 16.7 Å². The van der Waals surface area contributed by atoms with Crippen molar-refractivity contribution in [2.24, 2.45) is 4.99 Å². The summed E-state index contributed by atoms with van der Waals surface area (Å²) in [6, 6.07) is 17.9. The summed E-state index contributed by atoms with van der Waals surface area (Å²) in [6.07, 6.45) is 1.48. The van der Waals surface area contributed by atoms with E-state index in [-0.39, 0.29) is 11.5 Å². The van der Waals surface area contributed by atoms with Crippen LogP contribution >= 0.6 is 11.8 Å². The zero-order valence-corrected chi connectivity index (χ0v) is 17.7. The first-order chi connectivity index (χ1) is 14.9. The minimum Gasteiger partial charge on any atom is -0.504 e. The van der Waals surface area contributed by atoms with Crippen LogP contribution in [0.2, 0.25) is 0 Å². The summed E-state index contributed by atoms with van der Waals surface area (Å²) < 4.78 is 0. The largest absolute Gasteiger partial charge is 0.504 e. The number of amidine groups is 1. The molecule has 7 heteroatoms. The average molecular weight is 433 g/mol. The van der Waals surface area contributed by atoms with Crippen LogP contribution in [0.5, 0.6) is 17.2 Å². The molecule has 0 aliphatic carbocycles. The van der Waals surface area contributed by atoms with Gasteiger partial charge in [-0.25, -0.2) is 4.99 Å². The summed E-state index contributed by atoms with van der Waals surface area (Å²) >= 11 is 1.18. The Morgan fingerprint density at radius 2 is 1.55 bits per heavy atom. The highest BCUT2D eigenvalue weighted by Gasteiger charge is 2.35. The number of para-hydroxylation sites is 2. The first-order valence-corrected chi connectivity index (χ1v) is 10.4. The van der Waals surface area contributed by atoms with E-state index in [0.29, 0.717) is 15.8 Å². The van der Waals surface area contributed by atoms with Gasteiger partial charge in [0.2, 0.25) is 5.75 Å². The lowest BCUT2D eigenvalue weighted by Crippen LogP contribution is -2.29. The van der Waals surface area contributed by atoms with Crippen LogP contribution in [0.4, 0.5) is 11.4 Å². The van der Waals surface area contributed by atoms with Crippen molar-refractivity contribution in [1.82, 2.24) is 0 Å². The second-order valence-electron chi connectivity index (χ2n) is 7.09. The smallest absolute Gasteiger partial charge is 0.271 e. The minimum absolute atomic E-state index is 0.216. The number of hydrogen-bond acceptors (Lipinski definition) is 6. The molecule has 1 fully saturated rings. The Hall–Kier alpha value is -3.71. The molecule has 1 aliphatic heterocycles. The number of anilines is 1. The van der Waals surface area contributed by atoms with E-state index in [1.807, 2.05) is 62.4 Å². The van der Waals surface area contributed by atoms with E-state index in [2.05, 4.69) is 0 Å². The van der Waals surface area contributed by atoms with Crippen LogP contribution in [0.1, 0.15) is 16.7 Å². The molecule has 0 saturated carbocycles. The predicted molar refractivity (Wildman–Crippen MR) is 124 cm³/mol. The minimum atomic E-state index is -0.630. The summed E-state index contributed by atoms with van der Waals surface area (Å²) in [5.74, 6) is -1.85. The fourth-order valence-corrected chi connectivity index (χ4v) is 4.19. The number of rotatable bonds is 3. The van der Waals surface area contributed by atoms with Crippen molar-refractivity contribution in [3.05, 3.63) is 82.3 Å². The topological polar surface area (TPSA) is 93.4 Å². The van der Waals surface area contributed by atoms with E-state index in [1.54, 1.807) is 4.90 Å². The molecular formula is C24H20N2O4S. The third-order valence-corrected chi connectivity index (χ3v) is 5.91. The normalized spacial score (nSPS) is 16.5. The number of benzene rings is 3. The first kappa shape index (κ1) is 20.6. The molecule has 31 heavy (non-hydrogen) atoms. The van der Waals surface area contributed by atoms with Gasteiger partial charge >= 0.3 is 0 Å². The van der Waals surface area contributed by atoms with E-state index >= 15 is 0 Å². The van der Waals surface area contributed by atoms with Gasteiger partial charge in [-0.1, -0.05) is 36.4 Å². The Kier molecular flexibility index (Phi) is 5.44. The molecule has 0 aromatic heterocycles. The second-order valence-corrected chi connectivity index (χ2v) is 8.10. The van der Waals surface area contributed by atoms with Gasteiger partial charge in [0.05, 0.1) is 16.3 Å². The number of carbonyl (C=O) groups excluding carboxylic acids is 1. The second kappa shape index (κ2) is 8.20. The number of aliphatic imine (C=N–C) groups is 1. The maximum Gasteiger partial charge on any atom is 0.271 e. The molecule has 1 aliphatic rings. The Balaban J connectivity index is 1.84. The highest BCUT2D eigenvalue weighted by Crippen LogP contribution is 2.42. The molecule has 156 valence electrons. The Bertz CT molecular complexity index is 1250. The lowest BCUT2D eigenvalue weighted by atomic mass is 10.1. The van der Waals surface area contributed by atoms with Gasteiger partial charge in [-0.2, -0.15) is 0 Å². The molecule has 0 spiro atoms. The molecule has 1 saturated heterocycles. The monoisotopic (exact) mass is 432 g/mol. The fraction of sp³-hybridized carbons (Fsp3) is 0.0833. The van der Waals surface area contributed by atoms with Crippen molar-refractivity contribution in [2.45, 2.75) is 13.8 Å². The lowest BCUT2D eigenvalue weighted by molar-refractivity contribution is -0.113. The molecule has 0 radical (unpaired) electrons. The first-order valence-electron chi connectivity index (χ1n) is 9.54. The molecule has 4 rings (SSSR count). The van der Waals surface area contributed by atoms with E-state index in [9.17, 15) is 20.1 Å². The summed E-state index contributed by atoms with van der Waals surface area (Å²) in [5, 5.41) is 30.0. The van der Waals surface area contributed by atoms with Gasteiger partial charge < -0.3 is 15.3 Å². The van der Waals surface area contributed by atoms with Gasteiger partial charge in [-0.3, -0.25) is 9.69 Å². The highest BCUT2D eigenvalue weighted by atomic mass is 32.2. The molecular weight excluding hydrogens is 412 g/mol. The molecule has 0 bridgehead atoms. The number of aromatic hydroxyl groups is 3. The Labute approximate surface area is 183 Å². The van der Waals surface area contributed by atoms with Crippen LogP contribution in [-0.4, -0.2) is 26.4 Å². The van der Waals surface area contributed by atoms with Crippen LogP contribution in [0.25, 0.3) is 6.08 Å². The molecule has 0 atom stereocenters. The van der Waals surface area contributed by atoms with Gasteiger partial charge in [0.1, 0.15) is 0 Å². The SMILES string of the molecule is Cc1ccccc1N=C1SC(=Cc2ccc(O)c(O)c2O)C(=O)N1c1ccccc1C. The van der Waals surface area contributed by atoms with Crippen molar-refractivity contribution >= 4 is 40.3 Å². The third-order valence-electron chi connectivity index (χ3n) is 4.94. The Morgan fingerprint density at radius 3 is 2.26 bits per heavy atom. The van der Waals surface area contributed by atoms with Crippen molar-refractivity contribution in [3.63, 3.8) is 0 Å². The number of phenolic OH excluding ortho intramolecular Hbond substituents is 3. The van der Waals surface area contributed by atoms with Crippen molar-refractivity contribution in [2.75, 3.05) is 4.90 Å². The number of nitrogens with zero attached hydrogens (tertiary/aromatic N) is 2. The standard InChI is InChI=1S/C24H20N2O4S/c1-14-7-3-5-9-17(14)25-24-26(18-10-6-4-8-15(18)2)23(30)20(31-24)13-16-11-12-19(27)22(29)21(16)28/h3-13,27-29H,1-2H3. The fourth-order valence-electron chi connectivity index (χ4n) is 3.21. The van der Waals surface area contributed by atoms with Crippen LogP contribution in [0, 0.1) is 13.8 Å². The van der Waals surface area contributed by atoms with Gasteiger partial charge in [0.25, 0.3) is 5.91 Å². The third kappa shape index (κ3) is 3.87. The van der Waals surface area contributed by atoms with Crippen molar-refractivity contribution in [3.8, 4) is 17.2 Å². The van der Waals surface area contributed by atoms with Crippen molar-refractivity contribution < 1.29 is 20.1 Å². The van der Waals surface area contributed by atoms with Crippen LogP contribution in [0.3, 0.4) is 0 Å². The van der Waals surface area contributed by atoms with E-state index in [1.165, 1.54) is 30.0 Å². The number of aryl methyl sites for hydroxylation is 2. The molecule has 3 aromatic carbocycles. The molecule has 3 aromatic rings. The number of amides is 1. The molecule has 6 nitrogen and oxygen atoms in total. The quantitative estimate of drug-likeness (QED) is 0.389. The lowest BCUT2D eigenvalue weighted by Gasteiger charge is -2.18. The molecule has 1 amide bonds. The zero-order valence-electron chi connectivity index (χ0n) is 16.9. The molecule has 3 N–H and O–H groups in total. The van der Waals surface area contributed by atoms with Crippen LogP contribution < -0.4 is 4.90 Å². The van der Waals surface area contributed by atoms with Crippen LogP contribution in [-0.2, 0) is 4.79 Å². The summed E-state index contributed by atoms with van der Waals surface area (Å²) in [5.41, 5.74) is 3.58. The van der Waals surface area contributed by atoms with Crippen molar-refractivity contribution in [1.29, 1.82) is 0 Å². The van der Waals surface area contributed by atoms with E-state index in [0.717, 1.165) is 16.8 Å². The molecule has 1 heterocycles. The summed E-state index contributed by atoms with van der Waals surface area (Å²) in [4.78, 5) is 20.0. The number of phenols is 3. The van der Waals surface area contributed by atoms with Crippen LogP contribution in [0.15, 0.2) is 70.6 Å². The zero-order chi connectivity index (χ0) is 22.1. The van der Waals surface area contributed by atoms with Gasteiger partial charge in [0, 0.05) is 5.56 Å². The predicted octanol–water partition coefficient (Wildman–Crippen LogP) is 5.23. The van der Waals surface area contributed by atoms with E-state index in [4.69, 9.17) is 4.99 Å². The summed E-state index contributed by atoms with van der Waals surface area (Å²) in [7, 11) is 0. The number of carbonyl (C=O) groups is 1. The summed E-state index contributed by atoms with van der Waals surface area (Å²) in [6.45, 7) is 3.87.